The van der Waals surface area contributed by atoms with Gasteiger partial charge in [0.25, 0.3) is 0 Å². The summed E-state index contributed by atoms with van der Waals surface area (Å²) in [5, 5.41) is 14.9. The standard InChI is InChI=1S/C13H10N2S2/c1-9-8-17-13(11(9)7-14)15-12(16)10-5-3-2-4-6-10/h2-6,8H,1H3,(H,15,16). The van der Waals surface area contributed by atoms with Crippen LogP contribution in [0.2, 0.25) is 0 Å². The van der Waals surface area contributed by atoms with Gasteiger partial charge in [-0.1, -0.05) is 42.5 Å². The van der Waals surface area contributed by atoms with Crippen LogP contribution in [0.25, 0.3) is 0 Å². The zero-order valence-corrected chi connectivity index (χ0v) is 10.9. The number of hydrogen-bond donors (Lipinski definition) is 1. The maximum Gasteiger partial charge on any atom is 0.112 e. The summed E-state index contributed by atoms with van der Waals surface area (Å²) in [7, 11) is 0. The Hall–Kier alpha value is -1.70. The third-order valence-corrected chi connectivity index (χ3v) is 3.70. The molecule has 0 aliphatic heterocycles. The van der Waals surface area contributed by atoms with Crippen LogP contribution in [-0.4, -0.2) is 4.99 Å². The van der Waals surface area contributed by atoms with E-state index in [9.17, 15) is 0 Å². The van der Waals surface area contributed by atoms with Crippen LogP contribution in [0.3, 0.4) is 0 Å². The molecule has 2 rings (SSSR count). The van der Waals surface area contributed by atoms with E-state index in [2.05, 4.69) is 11.4 Å². The monoisotopic (exact) mass is 258 g/mol. The highest BCUT2D eigenvalue weighted by Crippen LogP contribution is 2.27. The number of nitriles is 1. The van der Waals surface area contributed by atoms with Gasteiger partial charge < -0.3 is 5.32 Å². The molecule has 17 heavy (non-hydrogen) atoms. The molecule has 0 saturated heterocycles. The SMILES string of the molecule is Cc1csc(NC(=S)c2ccccc2)c1C#N. The third-order valence-electron chi connectivity index (χ3n) is 2.35. The molecular formula is C13H10N2S2. The number of rotatable bonds is 2. The fourth-order valence-corrected chi connectivity index (χ4v) is 2.64. The van der Waals surface area contributed by atoms with Crippen molar-refractivity contribution in [3.05, 3.63) is 52.4 Å². The Morgan fingerprint density at radius 2 is 2.06 bits per heavy atom. The van der Waals surface area contributed by atoms with Gasteiger partial charge in [-0.05, 0) is 17.9 Å². The normalized spacial score (nSPS) is 9.65. The average Bonchev–Trinajstić information content (AvgIpc) is 2.71. The fourth-order valence-electron chi connectivity index (χ4n) is 1.44. The summed E-state index contributed by atoms with van der Waals surface area (Å²) in [4.78, 5) is 0.643. The summed E-state index contributed by atoms with van der Waals surface area (Å²) in [6.45, 7) is 1.92. The van der Waals surface area contributed by atoms with Gasteiger partial charge >= 0.3 is 0 Å². The van der Waals surface area contributed by atoms with Gasteiger partial charge in [0.2, 0.25) is 0 Å². The summed E-state index contributed by atoms with van der Waals surface area (Å²) in [6, 6.07) is 11.9. The van der Waals surface area contributed by atoms with Crippen molar-refractivity contribution in [2.45, 2.75) is 6.92 Å². The Bertz CT molecular complexity index is 579. The summed E-state index contributed by atoms with van der Waals surface area (Å²) in [5.74, 6) is 0. The molecule has 0 unspecified atom stereocenters. The summed E-state index contributed by atoms with van der Waals surface area (Å²) in [6.07, 6.45) is 0. The van der Waals surface area contributed by atoms with Gasteiger partial charge in [-0.2, -0.15) is 5.26 Å². The predicted molar refractivity (Wildman–Crippen MR) is 75.5 cm³/mol. The van der Waals surface area contributed by atoms with Gasteiger partial charge in [0.05, 0.1) is 5.56 Å². The van der Waals surface area contributed by atoms with Gasteiger partial charge in [-0.25, -0.2) is 0 Å². The first-order chi connectivity index (χ1) is 8.22. The molecule has 0 spiro atoms. The Morgan fingerprint density at radius 3 is 2.71 bits per heavy atom. The molecule has 0 atom stereocenters. The molecule has 0 amide bonds. The molecular weight excluding hydrogens is 248 g/mol. The van der Waals surface area contributed by atoms with E-state index in [-0.39, 0.29) is 0 Å². The van der Waals surface area contributed by atoms with Gasteiger partial charge in [0, 0.05) is 5.56 Å². The zero-order chi connectivity index (χ0) is 12.3. The topological polar surface area (TPSA) is 35.8 Å². The predicted octanol–water partition coefficient (Wildman–Crippen LogP) is 3.72. The molecule has 2 nitrogen and oxygen atoms in total. The van der Waals surface area contributed by atoms with Crippen molar-refractivity contribution in [1.29, 1.82) is 5.26 Å². The molecule has 0 aliphatic carbocycles. The lowest BCUT2D eigenvalue weighted by Gasteiger charge is -2.06. The van der Waals surface area contributed by atoms with Crippen LogP contribution in [0.4, 0.5) is 5.00 Å². The highest BCUT2D eigenvalue weighted by atomic mass is 32.1. The highest BCUT2D eigenvalue weighted by Gasteiger charge is 2.10. The Kier molecular flexibility index (Phi) is 3.52. The van der Waals surface area contributed by atoms with Gasteiger partial charge in [-0.3, -0.25) is 0 Å². The summed E-state index contributed by atoms with van der Waals surface area (Å²) < 4.78 is 0. The van der Waals surface area contributed by atoms with Crippen LogP contribution in [0.5, 0.6) is 0 Å². The van der Waals surface area contributed by atoms with Crippen LogP contribution in [-0.2, 0) is 0 Å². The molecule has 0 saturated carbocycles. The van der Waals surface area contributed by atoms with E-state index in [0.717, 1.165) is 16.1 Å². The minimum absolute atomic E-state index is 0.643. The first-order valence-corrected chi connectivity index (χ1v) is 6.35. The number of hydrogen-bond acceptors (Lipinski definition) is 3. The molecule has 2 aromatic rings. The van der Waals surface area contributed by atoms with Crippen LogP contribution in [0.15, 0.2) is 35.7 Å². The Balaban J connectivity index is 2.23. The minimum Gasteiger partial charge on any atom is -0.337 e. The van der Waals surface area contributed by atoms with Crippen molar-refractivity contribution in [2.75, 3.05) is 5.32 Å². The quantitative estimate of drug-likeness (QED) is 0.834. The van der Waals surface area contributed by atoms with Crippen molar-refractivity contribution in [3.8, 4) is 6.07 Å². The molecule has 0 fully saturated rings. The number of benzene rings is 1. The first-order valence-electron chi connectivity index (χ1n) is 5.07. The van der Waals surface area contributed by atoms with E-state index in [1.165, 1.54) is 11.3 Å². The van der Waals surface area contributed by atoms with Crippen molar-refractivity contribution in [3.63, 3.8) is 0 Å². The molecule has 0 radical (unpaired) electrons. The van der Waals surface area contributed by atoms with E-state index >= 15 is 0 Å². The molecule has 84 valence electrons. The van der Waals surface area contributed by atoms with Crippen molar-refractivity contribution >= 4 is 33.5 Å². The molecule has 1 aromatic carbocycles. The third kappa shape index (κ3) is 2.52. The van der Waals surface area contributed by atoms with E-state index in [1.54, 1.807) is 0 Å². The summed E-state index contributed by atoms with van der Waals surface area (Å²) >= 11 is 6.81. The van der Waals surface area contributed by atoms with Crippen molar-refractivity contribution < 1.29 is 0 Å². The number of aryl methyl sites for hydroxylation is 1. The number of nitrogens with one attached hydrogen (secondary N) is 1. The van der Waals surface area contributed by atoms with E-state index in [1.807, 2.05) is 42.6 Å². The zero-order valence-electron chi connectivity index (χ0n) is 9.23. The molecule has 0 bridgehead atoms. The lowest BCUT2D eigenvalue weighted by molar-refractivity contribution is 1.44. The maximum atomic E-state index is 9.05. The first kappa shape index (κ1) is 11.8. The second-order valence-electron chi connectivity index (χ2n) is 3.55. The Labute approximate surface area is 110 Å². The number of thiophene rings is 1. The summed E-state index contributed by atoms with van der Waals surface area (Å²) in [5.41, 5.74) is 2.61. The van der Waals surface area contributed by atoms with Crippen LogP contribution >= 0.6 is 23.6 Å². The lowest BCUT2D eigenvalue weighted by atomic mass is 10.2. The smallest absolute Gasteiger partial charge is 0.112 e. The Morgan fingerprint density at radius 1 is 1.35 bits per heavy atom. The largest absolute Gasteiger partial charge is 0.337 e. The van der Waals surface area contributed by atoms with Crippen molar-refractivity contribution in [2.24, 2.45) is 0 Å². The number of nitrogens with zero attached hydrogens (tertiary/aromatic N) is 1. The number of thiocarbonyl (C=S) groups is 1. The second-order valence-corrected chi connectivity index (χ2v) is 4.84. The second kappa shape index (κ2) is 5.09. The minimum atomic E-state index is 0.643. The lowest BCUT2D eigenvalue weighted by Crippen LogP contribution is -2.09. The van der Waals surface area contributed by atoms with Crippen LogP contribution < -0.4 is 5.32 Å². The van der Waals surface area contributed by atoms with Crippen LogP contribution in [0, 0.1) is 18.3 Å². The van der Waals surface area contributed by atoms with Gasteiger partial charge in [0.1, 0.15) is 16.1 Å². The maximum absolute atomic E-state index is 9.05. The molecule has 1 N–H and O–H groups in total. The molecule has 1 heterocycles. The van der Waals surface area contributed by atoms with Gasteiger partial charge in [-0.15, -0.1) is 11.3 Å². The van der Waals surface area contributed by atoms with E-state index < -0.39 is 0 Å². The molecule has 1 aromatic heterocycles. The van der Waals surface area contributed by atoms with E-state index in [4.69, 9.17) is 17.5 Å². The molecule has 4 heteroatoms. The fraction of sp³-hybridized carbons (Fsp3) is 0.0769. The molecule has 0 aliphatic rings. The van der Waals surface area contributed by atoms with Crippen LogP contribution in [0.1, 0.15) is 16.7 Å². The van der Waals surface area contributed by atoms with E-state index in [0.29, 0.717) is 10.6 Å². The highest BCUT2D eigenvalue weighted by molar-refractivity contribution is 7.81. The van der Waals surface area contributed by atoms with Gasteiger partial charge in [0.15, 0.2) is 0 Å². The number of anilines is 1. The van der Waals surface area contributed by atoms with Crippen molar-refractivity contribution in [1.82, 2.24) is 0 Å². The average molecular weight is 258 g/mol.